The zero-order valence-corrected chi connectivity index (χ0v) is 8.27. The molecule has 1 aromatic heterocycles. The second kappa shape index (κ2) is 3.42. The Hall–Kier alpha value is -1.78. The summed E-state index contributed by atoms with van der Waals surface area (Å²) in [5, 5.41) is 8.94. The number of aromatic carboxylic acids is 1. The third-order valence-corrected chi connectivity index (χ3v) is 2.71. The number of aromatic nitrogens is 1. The monoisotopic (exact) mass is 209 g/mol. The first-order valence-electron chi connectivity index (χ1n) is 4.65. The normalized spacial score (nSPS) is 18.6. The Balaban J connectivity index is 2.43. The lowest BCUT2D eigenvalue weighted by Gasteiger charge is -2.07. The minimum Gasteiger partial charge on any atom is -0.478 e. The predicted molar refractivity (Wildman–Crippen MR) is 50.8 cm³/mol. The summed E-state index contributed by atoms with van der Waals surface area (Å²) in [5.41, 5.74) is 0.761. The van der Waals surface area contributed by atoms with Crippen LogP contribution in [0.5, 0.6) is 0 Å². The Bertz CT molecular complexity index is 421. The second-order valence-corrected chi connectivity index (χ2v) is 3.48. The van der Waals surface area contributed by atoms with Gasteiger partial charge in [-0.2, -0.15) is 0 Å². The zero-order chi connectivity index (χ0) is 11.0. The molecular formula is C10H11NO4. The molecule has 0 spiro atoms. The average Bonchev–Trinajstić information content (AvgIpc) is 2.75. The molecule has 80 valence electrons. The number of carboxylic acid groups (broad SMARTS) is 1. The summed E-state index contributed by atoms with van der Waals surface area (Å²) in [6.45, 7) is 0.669. The number of esters is 1. The highest BCUT2D eigenvalue weighted by Gasteiger charge is 2.33. The van der Waals surface area contributed by atoms with Crippen LogP contribution in [0.25, 0.3) is 0 Å². The number of carbonyl (C=O) groups excluding carboxylic acids is 1. The minimum atomic E-state index is -1.00. The maximum Gasteiger partial charge on any atom is 0.337 e. The average molecular weight is 209 g/mol. The van der Waals surface area contributed by atoms with Crippen molar-refractivity contribution in [2.75, 3.05) is 7.11 Å². The van der Waals surface area contributed by atoms with Gasteiger partial charge >= 0.3 is 11.9 Å². The smallest absolute Gasteiger partial charge is 0.337 e. The van der Waals surface area contributed by atoms with Crippen molar-refractivity contribution in [1.82, 2.24) is 4.57 Å². The van der Waals surface area contributed by atoms with Gasteiger partial charge in [0.1, 0.15) is 0 Å². The number of hydrogen-bond donors (Lipinski definition) is 1. The van der Waals surface area contributed by atoms with Crippen molar-refractivity contribution in [3.8, 4) is 0 Å². The molecule has 0 saturated heterocycles. The van der Waals surface area contributed by atoms with Crippen molar-refractivity contribution in [1.29, 1.82) is 0 Å². The first kappa shape index (κ1) is 9.76. The van der Waals surface area contributed by atoms with Gasteiger partial charge in [0.25, 0.3) is 0 Å². The molecule has 0 radical (unpaired) electrons. The van der Waals surface area contributed by atoms with Crippen LogP contribution in [0.2, 0.25) is 0 Å². The van der Waals surface area contributed by atoms with E-state index in [2.05, 4.69) is 4.74 Å². The Kier molecular flexibility index (Phi) is 2.22. The van der Waals surface area contributed by atoms with Gasteiger partial charge in [-0.3, -0.25) is 4.79 Å². The van der Waals surface area contributed by atoms with E-state index in [1.54, 1.807) is 10.8 Å². The predicted octanol–water partition coefficient (Wildman–Crippen LogP) is 0.847. The molecule has 1 aromatic rings. The van der Waals surface area contributed by atoms with E-state index in [0.717, 1.165) is 0 Å². The number of aryl methyl sites for hydroxylation is 1. The van der Waals surface area contributed by atoms with Crippen LogP contribution >= 0.6 is 0 Å². The van der Waals surface area contributed by atoms with Crippen molar-refractivity contribution in [2.45, 2.75) is 18.9 Å². The van der Waals surface area contributed by atoms with Gasteiger partial charge in [-0.15, -0.1) is 0 Å². The number of methoxy groups -OCH3 is 1. The maximum atomic E-state index is 11.4. The number of rotatable bonds is 2. The fourth-order valence-corrected chi connectivity index (χ4v) is 2.03. The first-order chi connectivity index (χ1) is 7.15. The lowest BCUT2D eigenvalue weighted by atomic mass is 10.0. The van der Waals surface area contributed by atoms with Gasteiger partial charge < -0.3 is 14.4 Å². The molecule has 0 bridgehead atoms. The van der Waals surface area contributed by atoms with E-state index in [0.29, 0.717) is 18.7 Å². The lowest BCUT2D eigenvalue weighted by Crippen LogP contribution is -2.14. The molecular weight excluding hydrogens is 198 g/mol. The van der Waals surface area contributed by atoms with Crippen molar-refractivity contribution in [3.05, 3.63) is 23.5 Å². The highest BCUT2D eigenvalue weighted by atomic mass is 16.5. The topological polar surface area (TPSA) is 68.5 Å². The van der Waals surface area contributed by atoms with E-state index in [-0.39, 0.29) is 11.5 Å². The number of hydrogen-bond acceptors (Lipinski definition) is 3. The molecule has 2 heterocycles. The van der Waals surface area contributed by atoms with Crippen molar-refractivity contribution < 1.29 is 19.4 Å². The summed E-state index contributed by atoms with van der Waals surface area (Å²) >= 11 is 0. The van der Waals surface area contributed by atoms with Crippen LogP contribution in [0.1, 0.15) is 28.4 Å². The Morgan fingerprint density at radius 3 is 2.93 bits per heavy atom. The molecule has 0 fully saturated rings. The summed E-state index contributed by atoms with van der Waals surface area (Å²) in [7, 11) is 1.31. The summed E-state index contributed by atoms with van der Waals surface area (Å²) in [6.07, 6.45) is 2.31. The van der Waals surface area contributed by atoms with Crippen molar-refractivity contribution in [2.24, 2.45) is 0 Å². The van der Waals surface area contributed by atoms with E-state index in [1.165, 1.54) is 13.2 Å². The van der Waals surface area contributed by atoms with Gasteiger partial charge in [-0.25, -0.2) is 4.79 Å². The van der Waals surface area contributed by atoms with Crippen LogP contribution in [0.4, 0.5) is 0 Å². The second-order valence-electron chi connectivity index (χ2n) is 3.48. The van der Waals surface area contributed by atoms with Crippen molar-refractivity contribution in [3.63, 3.8) is 0 Å². The van der Waals surface area contributed by atoms with E-state index >= 15 is 0 Å². The van der Waals surface area contributed by atoms with E-state index in [1.807, 2.05) is 0 Å². The van der Waals surface area contributed by atoms with Crippen LogP contribution in [0.15, 0.2) is 12.3 Å². The Morgan fingerprint density at radius 2 is 2.33 bits per heavy atom. The quantitative estimate of drug-likeness (QED) is 0.733. The van der Waals surface area contributed by atoms with Crippen LogP contribution in [0.3, 0.4) is 0 Å². The zero-order valence-electron chi connectivity index (χ0n) is 8.27. The molecule has 1 N–H and O–H groups in total. The number of nitrogens with zero attached hydrogens (tertiary/aromatic N) is 1. The lowest BCUT2D eigenvalue weighted by molar-refractivity contribution is -0.142. The minimum absolute atomic E-state index is 0.197. The Labute approximate surface area is 86.3 Å². The van der Waals surface area contributed by atoms with Gasteiger partial charge in [0.2, 0.25) is 0 Å². The largest absolute Gasteiger partial charge is 0.478 e. The number of fused-ring (bicyclic) bond motifs is 1. The molecule has 15 heavy (non-hydrogen) atoms. The summed E-state index contributed by atoms with van der Waals surface area (Å²) in [4.78, 5) is 22.3. The third-order valence-electron chi connectivity index (χ3n) is 2.71. The Morgan fingerprint density at radius 1 is 1.60 bits per heavy atom. The van der Waals surface area contributed by atoms with Crippen LogP contribution in [-0.4, -0.2) is 28.7 Å². The highest BCUT2D eigenvalue weighted by molar-refractivity contribution is 5.92. The van der Waals surface area contributed by atoms with Crippen LogP contribution in [-0.2, 0) is 16.1 Å². The molecule has 5 nitrogen and oxygen atoms in total. The molecule has 1 aliphatic heterocycles. The molecule has 2 rings (SSSR count). The fraction of sp³-hybridized carbons (Fsp3) is 0.400. The molecule has 5 heteroatoms. The number of carbonyl (C=O) groups is 2. The maximum absolute atomic E-state index is 11.4. The number of carboxylic acids is 1. The number of ether oxygens (including phenoxy) is 1. The van der Waals surface area contributed by atoms with Gasteiger partial charge in [0.15, 0.2) is 0 Å². The molecule has 0 aliphatic carbocycles. The fourth-order valence-electron chi connectivity index (χ4n) is 2.03. The van der Waals surface area contributed by atoms with Gasteiger partial charge in [-0.05, 0) is 12.5 Å². The van der Waals surface area contributed by atoms with E-state index in [4.69, 9.17) is 5.11 Å². The van der Waals surface area contributed by atoms with Crippen LogP contribution in [0, 0.1) is 0 Å². The van der Waals surface area contributed by atoms with Crippen LogP contribution < -0.4 is 0 Å². The van der Waals surface area contributed by atoms with Gasteiger partial charge in [-0.1, -0.05) is 0 Å². The highest BCUT2D eigenvalue weighted by Crippen LogP contribution is 2.32. The summed E-state index contributed by atoms with van der Waals surface area (Å²) in [5.74, 6) is -1.80. The summed E-state index contributed by atoms with van der Waals surface area (Å²) in [6, 6.07) is 1.52. The summed E-state index contributed by atoms with van der Waals surface area (Å²) < 4.78 is 6.45. The van der Waals surface area contributed by atoms with E-state index < -0.39 is 11.9 Å². The molecule has 0 aromatic carbocycles. The van der Waals surface area contributed by atoms with E-state index in [9.17, 15) is 9.59 Å². The molecule has 1 aliphatic rings. The molecule has 0 saturated carbocycles. The standard InChI is InChI=1S/C10H11NO4/c1-15-10(14)7-3-5-11-4-2-6(8(7)11)9(12)13/h2,4,7H,3,5H2,1H3,(H,12,13). The molecule has 1 atom stereocenters. The van der Waals surface area contributed by atoms with Gasteiger partial charge in [0, 0.05) is 18.4 Å². The third kappa shape index (κ3) is 1.40. The van der Waals surface area contributed by atoms with Crippen molar-refractivity contribution >= 4 is 11.9 Å². The van der Waals surface area contributed by atoms with Gasteiger partial charge in [0.05, 0.1) is 18.6 Å². The molecule has 1 unspecified atom stereocenters. The molecule has 0 amide bonds. The SMILES string of the molecule is COC(=O)C1CCn2ccc(C(=O)O)c21. The first-order valence-corrected chi connectivity index (χ1v) is 4.65.